The van der Waals surface area contributed by atoms with Crippen LogP contribution in [0.15, 0.2) is 41.7 Å². The molecule has 0 spiro atoms. The molecule has 0 atom stereocenters. The van der Waals surface area contributed by atoms with E-state index in [0.717, 1.165) is 11.3 Å². The highest BCUT2D eigenvalue weighted by molar-refractivity contribution is 7.91. The molecule has 2 aromatic rings. The molecule has 6 heteroatoms. The summed E-state index contributed by atoms with van der Waals surface area (Å²) in [6.07, 6.45) is 1.70. The summed E-state index contributed by atoms with van der Waals surface area (Å²) in [7, 11) is -1.38. The molecule has 5 nitrogen and oxygen atoms in total. The standard InChI is InChI=1S/C19H29N3O2S/c1-15(2)14-25(23,24)19-20-11-18(13-21(5)16(3)4)22(19)12-17-9-7-6-8-10-17/h6-11,15-16H,12-14H2,1-5H3. The lowest BCUT2D eigenvalue weighted by atomic mass is 10.2. The normalized spacial score (nSPS) is 12.5. The van der Waals surface area contributed by atoms with Crippen molar-refractivity contribution in [2.45, 2.75) is 52.0 Å². The first kappa shape index (κ1) is 19.7. The lowest BCUT2D eigenvalue weighted by Gasteiger charge is -2.22. The minimum Gasteiger partial charge on any atom is -0.313 e. The van der Waals surface area contributed by atoms with Crippen LogP contribution in [0.3, 0.4) is 0 Å². The maximum absolute atomic E-state index is 12.8. The number of sulfone groups is 1. The van der Waals surface area contributed by atoms with Gasteiger partial charge in [0.2, 0.25) is 15.0 Å². The van der Waals surface area contributed by atoms with E-state index in [1.54, 1.807) is 6.20 Å². The van der Waals surface area contributed by atoms with E-state index >= 15 is 0 Å². The number of nitrogens with zero attached hydrogens (tertiary/aromatic N) is 3. The summed E-state index contributed by atoms with van der Waals surface area (Å²) >= 11 is 0. The van der Waals surface area contributed by atoms with Crippen molar-refractivity contribution in [3.63, 3.8) is 0 Å². The largest absolute Gasteiger partial charge is 0.313 e. The molecule has 0 fully saturated rings. The van der Waals surface area contributed by atoms with E-state index in [4.69, 9.17) is 0 Å². The van der Waals surface area contributed by atoms with E-state index < -0.39 is 9.84 Å². The fourth-order valence-electron chi connectivity index (χ4n) is 2.65. The van der Waals surface area contributed by atoms with E-state index in [1.165, 1.54) is 0 Å². The van der Waals surface area contributed by atoms with E-state index in [2.05, 4.69) is 23.7 Å². The predicted octanol–water partition coefficient (Wildman–Crippen LogP) is 3.20. The van der Waals surface area contributed by atoms with Crippen LogP contribution in [-0.2, 0) is 22.9 Å². The van der Waals surface area contributed by atoms with Crippen LogP contribution in [0, 0.1) is 5.92 Å². The van der Waals surface area contributed by atoms with Crippen LogP contribution in [0.5, 0.6) is 0 Å². The minimum atomic E-state index is -3.41. The van der Waals surface area contributed by atoms with Crippen LogP contribution in [0.1, 0.15) is 39.0 Å². The van der Waals surface area contributed by atoms with Gasteiger partial charge in [-0.05, 0) is 32.4 Å². The van der Waals surface area contributed by atoms with Crippen molar-refractivity contribution in [3.8, 4) is 0 Å². The highest BCUT2D eigenvalue weighted by Crippen LogP contribution is 2.19. The number of imidazole rings is 1. The summed E-state index contributed by atoms with van der Waals surface area (Å²) in [4.78, 5) is 6.48. The van der Waals surface area contributed by atoms with Gasteiger partial charge < -0.3 is 4.57 Å². The molecule has 0 saturated carbocycles. The molecule has 0 aliphatic rings. The summed E-state index contributed by atoms with van der Waals surface area (Å²) in [5, 5.41) is 0.178. The Morgan fingerprint density at radius 2 is 1.76 bits per heavy atom. The third-order valence-corrected chi connectivity index (χ3v) is 6.20. The Kier molecular flexibility index (Phi) is 6.41. The van der Waals surface area contributed by atoms with Gasteiger partial charge in [-0.15, -0.1) is 0 Å². The summed E-state index contributed by atoms with van der Waals surface area (Å²) in [5.41, 5.74) is 1.98. The van der Waals surface area contributed by atoms with E-state index in [9.17, 15) is 8.42 Å². The first-order valence-corrected chi connectivity index (χ1v) is 10.4. The molecule has 138 valence electrons. The zero-order valence-corrected chi connectivity index (χ0v) is 16.6. The summed E-state index contributed by atoms with van der Waals surface area (Å²) in [6, 6.07) is 10.3. The summed E-state index contributed by atoms with van der Waals surface area (Å²) in [5.74, 6) is 0.173. The van der Waals surface area contributed by atoms with Crippen LogP contribution < -0.4 is 0 Å². The van der Waals surface area contributed by atoms with Crippen molar-refractivity contribution in [1.82, 2.24) is 14.5 Å². The molecule has 0 amide bonds. The second-order valence-corrected chi connectivity index (χ2v) is 9.22. The van der Waals surface area contributed by atoms with Crippen LogP contribution >= 0.6 is 0 Å². The Hall–Kier alpha value is -1.66. The van der Waals surface area contributed by atoms with Crippen molar-refractivity contribution < 1.29 is 8.42 Å². The molecular weight excluding hydrogens is 334 g/mol. The Bertz CT molecular complexity index is 780. The molecule has 0 radical (unpaired) electrons. The monoisotopic (exact) mass is 363 g/mol. The maximum Gasteiger partial charge on any atom is 0.228 e. The van der Waals surface area contributed by atoms with Gasteiger partial charge in [-0.3, -0.25) is 4.90 Å². The Labute approximate surface area is 151 Å². The van der Waals surface area contributed by atoms with Gasteiger partial charge in [0.05, 0.1) is 24.2 Å². The molecule has 0 bridgehead atoms. The number of hydrogen-bond donors (Lipinski definition) is 0. The Morgan fingerprint density at radius 1 is 1.12 bits per heavy atom. The third kappa shape index (κ3) is 5.16. The van der Waals surface area contributed by atoms with Gasteiger partial charge >= 0.3 is 0 Å². The predicted molar refractivity (Wildman–Crippen MR) is 101 cm³/mol. The molecular formula is C19H29N3O2S. The SMILES string of the molecule is CC(C)CS(=O)(=O)c1ncc(CN(C)C(C)C)n1Cc1ccccc1. The van der Waals surface area contributed by atoms with Crippen LogP contribution in [0.25, 0.3) is 0 Å². The van der Waals surface area contributed by atoms with Gasteiger partial charge in [0.15, 0.2) is 0 Å². The van der Waals surface area contributed by atoms with E-state index in [0.29, 0.717) is 19.1 Å². The molecule has 1 aromatic heterocycles. The average Bonchev–Trinajstić information content (AvgIpc) is 2.90. The fourth-order valence-corrected chi connectivity index (χ4v) is 4.41. The van der Waals surface area contributed by atoms with Gasteiger partial charge in [-0.1, -0.05) is 44.2 Å². The van der Waals surface area contributed by atoms with Gasteiger partial charge in [0.1, 0.15) is 0 Å². The zero-order valence-electron chi connectivity index (χ0n) is 15.8. The van der Waals surface area contributed by atoms with Crippen molar-refractivity contribution in [2.24, 2.45) is 5.92 Å². The molecule has 0 aliphatic heterocycles. The summed E-state index contributed by atoms with van der Waals surface area (Å²) < 4.78 is 27.4. The number of aromatic nitrogens is 2. The van der Waals surface area contributed by atoms with Gasteiger partial charge in [0.25, 0.3) is 0 Å². The highest BCUT2D eigenvalue weighted by atomic mass is 32.2. The molecule has 0 saturated heterocycles. The first-order valence-electron chi connectivity index (χ1n) is 8.72. The van der Waals surface area contributed by atoms with Crippen molar-refractivity contribution >= 4 is 9.84 Å². The number of rotatable bonds is 8. The smallest absolute Gasteiger partial charge is 0.228 e. The van der Waals surface area contributed by atoms with Crippen LogP contribution in [-0.4, -0.2) is 41.7 Å². The molecule has 0 N–H and O–H groups in total. The Morgan fingerprint density at radius 3 is 2.32 bits per heavy atom. The molecule has 0 aliphatic carbocycles. The maximum atomic E-state index is 12.8. The molecule has 1 aromatic carbocycles. The molecule has 1 heterocycles. The second kappa shape index (κ2) is 8.15. The molecule has 25 heavy (non-hydrogen) atoms. The molecule has 2 rings (SSSR count). The van der Waals surface area contributed by atoms with E-state index in [1.807, 2.05) is 55.8 Å². The zero-order chi connectivity index (χ0) is 18.6. The fraction of sp³-hybridized carbons (Fsp3) is 0.526. The van der Waals surface area contributed by atoms with Gasteiger partial charge in [0, 0.05) is 12.6 Å². The van der Waals surface area contributed by atoms with Crippen molar-refractivity contribution in [3.05, 3.63) is 47.8 Å². The third-order valence-electron chi connectivity index (χ3n) is 4.21. The lowest BCUT2D eigenvalue weighted by molar-refractivity contribution is 0.258. The van der Waals surface area contributed by atoms with Crippen molar-refractivity contribution in [2.75, 3.05) is 12.8 Å². The lowest BCUT2D eigenvalue weighted by Crippen LogP contribution is -2.27. The minimum absolute atomic E-state index is 0.0636. The second-order valence-electron chi connectivity index (χ2n) is 7.29. The highest BCUT2D eigenvalue weighted by Gasteiger charge is 2.25. The number of hydrogen-bond acceptors (Lipinski definition) is 4. The van der Waals surface area contributed by atoms with Crippen LogP contribution in [0.4, 0.5) is 0 Å². The Balaban J connectivity index is 2.44. The quantitative estimate of drug-likeness (QED) is 0.723. The van der Waals surface area contributed by atoms with Crippen LogP contribution in [0.2, 0.25) is 0 Å². The first-order chi connectivity index (χ1) is 11.7. The van der Waals surface area contributed by atoms with Gasteiger partial charge in [-0.2, -0.15) is 0 Å². The van der Waals surface area contributed by atoms with Crippen molar-refractivity contribution in [1.29, 1.82) is 0 Å². The average molecular weight is 364 g/mol. The molecule has 0 unspecified atom stereocenters. The van der Waals surface area contributed by atoms with E-state index in [-0.39, 0.29) is 16.8 Å². The van der Waals surface area contributed by atoms with Gasteiger partial charge in [-0.25, -0.2) is 13.4 Å². The topological polar surface area (TPSA) is 55.2 Å². The summed E-state index contributed by atoms with van der Waals surface area (Å²) in [6.45, 7) is 9.23. The number of benzene rings is 1.